The van der Waals surface area contributed by atoms with Crippen molar-refractivity contribution in [3.05, 3.63) is 58.1 Å². The molecule has 5 rings (SSSR count). The average molecular weight is 454 g/mol. The van der Waals surface area contributed by atoms with E-state index in [4.69, 9.17) is 4.74 Å². The summed E-state index contributed by atoms with van der Waals surface area (Å²) >= 11 is 3.48. The van der Waals surface area contributed by atoms with Gasteiger partial charge in [-0.25, -0.2) is 4.90 Å². The lowest BCUT2D eigenvalue weighted by molar-refractivity contribution is -0.155. The second kappa shape index (κ2) is 6.52. The van der Waals surface area contributed by atoms with E-state index in [-0.39, 0.29) is 5.91 Å². The third kappa shape index (κ3) is 2.61. The fraction of sp³-hybridized carbons (Fsp3) is 0.348. The zero-order chi connectivity index (χ0) is 20.3. The van der Waals surface area contributed by atoms with Crippen molar-refractivity contribution in [3.63, 3.8) is 0 Å². The smallest absolute Gasteiger partial charge is 0.324 e. The number of piperidine rings is 1. The van der Waals surface area contributed by atoms with E-state index < -0.39 is 29.1 Å². The molecule has 5 nitrogen and oxygen atoms in total. The number of aryl methyl sites for hydroxylation is 1. The van der Waals surface area contributed by atoms with Gasteiger partial charge in [-0.3, -0.25) is 14.4 Å². The van der Waals surface area contributed by atoms with E-state index in [1.54, 1.807) is 24.3 Å². The van der Waals surface area contributed by atoms with Gasteiger partial charge in [0.15, 0.2) is 0 Å². The molecule has 2 aliphatic heterocycles. The van der Waals surface area contributed by atoms with Crippen molar-refractivity contribution in [3.8, 4) is 5.75 Å². The fourth-order valence-corrected chi connectivity index (χ4v) is 5.65. The molecule has 2 fully saturated rings. The molecule has 148 valence electrons. The summed E-state index contributed by atoms with van der Waals surface area (Å²) in [4.78, 5) is 41.5. The number of hydrogen-bond donors (Lipinski definition) is 0. The Balaban J connectivity index is 1.71. The first-order valence-electron chi connectivity index (χ1n) is 9.88. The summed E-state index contributed by atoms with van der Waals surface area (Å²) in [5, 5.41) is 0. The number of nitrogens with zero attached hydrogens (tertiary/aromatic N) is 1. The molecule has 1 saturated heterocycles. The van der Waals surface area contributed by atoms with Gasteiger partial charge in [-0.1, -0.05) is 46.5 Å². The molecule has 2 atom stereocenters. The highest BCUT2D eigenvalue weighted by molar-refractivity contribution is 9.10. The molecular formula is C23H20BrNO4. The van der Waals surface area contributed by atoms with Gasteiger partial charge in [-0.05, 0) is 50.1 Å². The highest BCUT2D eigenvalue weighted by Crippen LogP contribution is 2.59. The molecule has 0 bridgehead atoms. The van der Waals surface area contributed by atoms with Crippen LogP contribution in [-0.2, 0) is 14.4 Å². The molecule has 2 aromatic rings. The van der Waals surface area contributed by atoms with Gasteiger partial charge in [-0.2, -0.15) is 0 Å². The Kier molecular flexibility index (Phi) is 4.17. The molecule has 2 aromatic carbocycles. The van der Waals surface area contributed by atoms with Crippen molar-refractivity contribution in [2.45, 2.75) is 38.5 Å². The van der Waals surface area contributed by atoms with Gasteiger partial charge in [-0.15, -0.1) is 0 Å². The maximum atomic E-state index is 13.8. The van der Waals surface area contributed by atoms with E-state index in [9.17, 15) is 14.4 Å². The molecule has 0 aromatic heterocycles. The van der Waals surface area contributed by atoms with Crippen molar-refractivity contribution < 1.29 is 19.1 Å². The largest absolute Gasteiger partial charge is 0.426 e. The Labute approximate surface area is 177 Å². The predicted molar refractivity (Wildman–Crippen MR) is 111 cm³/mol. The van der Waals surface area contributed by atoms with Gasteiger partial charge >= 0.3 is 5.97 Å². The van der Waals surface area contributed by atoms with Crippen molar-refractivity contribution in [1.82, 2.24) is 0 Å². The van der Waals surface area contributed by atoms with Gasteiger partial charge in [0, 0.05) is 16.0 Å². The summed E-state index contributed by atoms with van der Waals surface area (Å²) < 4.78 is 6.38. The Bertz CT molecular complexity index is 1040. The third-order valence-corrected chi connectivity index (χ3v) is 7.10. The lowest BCUT2D eigenvalue weighted by Crippen LogP contribution is -2.62. The zero-order valence-electron chi connectivity index (χ0n) is 16.0. The molecule has 3 aliphatic rings. The van der Waals surface area contributed by atoms with E-state index in [0.717, 1.165) is 28.4 Å². The SMILES string of the molecule is Cc1ccc(N2C(=O)C3C(=O)Oc4ccc(Br)cc4C3C3(CCCC3)C2=O)cc1. The number of anilines is 1. The van der Waals surface area contributed by atoms with Crippen LogP contribution in [0.15, 0.2) is 46.9 Å². The van der Waals surface area contributed by atoms with Crippen LogP contribution in [0.3, 0.4) is 0 Å². The molecule has 1 aliphatic carbocycles. The summed E-state index contributed by atoms with van der Waals surface area (Å²) in [5.74, 6) is -2.28. The molecule has 0 N–H and O–H groups in total. The Hall–Kier alpha value is -2.47. The molecule has 2 heterocycles. The molecule has 6 heteroatoms. The number of hydrogen-bond acceptors (Lipinski definition) is 4. The quantitative estimate of drug-likeness (QED) is 0.275. The van der Waals surface area contributed by atoms with E-state index in [2.05, 4.69) is 15.9 Å². The van der Waals surface area contributed by atoms with Crippen LogP contribution in [0.25, 0.3) is 0 Å². The Morgan fingerprint density at radius 1 is 1.03 bits per heavy atom. The summed E-state index contributed by atoms with van der Waals surface area (Å²) in [6.07, 6.45) is 3.15. The molecule has 0 radical (unpaired) electrons. The second-order valence-corrected chi connectivity index (χ2v) is 9.15. The normalized spacial score (nSPS) is 25.0. The standard InChI is InChI=1S/C23H20BrNO4/c1-13-4-7-15(8-5-13)25-20(26)18-19(23(22(25)28)10-2-3-11-23)16-12-14(24)6-9-17(16)29-21(18)27/h4-9,12,18-19H,2-3,10-11H2,1H3. The lowest BCUT2D eigenvalue weighted by Gasteiger charge is -2.49. The number of halogens is 1. The first-order chi connectivity index (χ1) is 13.9. The van der Waals surface area contributed by atoms with Gasteiger partial charge in [0.1, 0.15) is 11.7 Å². The highest BCUT2D eigenvalue weighted by atomic mass is 79.9. The topological polar surface area (TPSA) is 63.7 Å². The van der Waals surface area contributed by atoms with Crippen LogP contribution in [-0.4, -0.2) is 17.8 Å². The lowest BCUT2D eigenvalue weighted by atomic mass is 9.60. The van der Waals surface area contributed by atoms with E-state index in [1.807, 2.05) is 25.1 Å². The van der Waals surface area contributed by atoms with E-state index in [1.165, 1.54) is 4.90 Å². The Morgan fingerprint density at radius 3 is 2.41 bits per heavy atom. The minimum atomic E-state index is -1.01. The zero-order valence-corrected chi connectivity index (χ0v) is 17.6. The summed E-state index contributed by atoms with van der Waals surface area (Å²) in [6, 6.07) is 12.7. The number of benzene rings is 2. The molecule has 1 spiro atoms. The van der Waals surface area contributed by atoms with E-state index >= 15 is 0 Å². The van der Waals surface area contributed by atoms with Gasteiger partial charge in [0.25, 0.3) is 0 Å². The van der Waals surface area contributed by atoms with Crippen LogP contribution < -0.4 is 9.64 Å². The highest BCUT2D eigenvalue weighted by Gasteiger charge is 2.64. The summed E-state index contributed by atoms with van der Waals surface area (Å²) in [6.45, 7) is 1.95. The van der Waals surface area contributed by atoms with Crippen molar-refractivity contribution in [2.75, 3.05) is 4.90 Å². The third-order valence-electron chi connectivity index (χ3n) is 6.60. The number of rotatable bonds is 1. The predicted octanol–water partition coefficient (Wildman–Crippen LogP) is 4.51. The Morgan fingerprint density at radius 2 is 1.72 bits per heavy atom. The monoisotopic (exact) mass is 453 g/mol. The number of imide groups is 1. The van der Waals surface area contributed by atoms with Crippen molar-refractivity contribution in [2.24, 2.45) is 11.3 Å². The number of carbonyl (C=O) groups excluding carboxylic acids is 3. The number of amides is 2. The maximum Gasteiger partial charge on any atom is 0.324 e. The van der Waals surface area contributed by atoms with Crippen LogP contribution >= 0.6 is 15.9 Å². The first kappa shape index (κ1) is 18.6. The van der Waals surface area contributed by atoms with Crippen molar-refractivity contribution in [1.29, 1.82) is 0 Å². The summed E-state index contributed by atoms with van der Waals surface area (Å²) in [7, 11) is 0. The molecule has 2 amide bonds. The van der Waals surface area contributed by atoms with Gasteiger partial charge in [0.2, 0.25) is 11.8 Å². The van der Waals surface area contributed by atoms with Crippen molar-refractivity contribution >= 4 is 39.4 Å². The average Bonchev–Trinajstić information content (AvgIpc) is 3.18. The fourth-order valence-electron chi connectivity index (χ4n) is 5.27. The number of esters is 1. The second-order valence-electron chi connectivity index (χ2n) is 8.24. The maximum absolute atomic E-state index is 13.8. The van der Waals surface area contributed by atoms with Crippen LogP contribution in [0.1, 0.15) is 42.7 Å². The number of fused-ring (bicyclic) bond motifs is 4. The van der Waals surface area contributed by atoms with Gasteiger partial charge in [0.05, 0.1) is 11.1 Å². The van der Waals surface area contributed by atoms with Crippen LogP contribution in [0, 0.1) is 18.3 Å². The minimum Gasteiger partial charge on any atom is -0.426 e. The van der Waals surface area contributed by atoms with Gasteiger partial charge < -0.3 is 4.74 Å². The van der Waals surface area contributed by atoms with E-state index in [0.29, 0.717) is 24.3 Å². The first-order valence-corrected chi connectivity index (χ1v) is 10.7. The minimum absolute atomic E-state index is 0.189. The molecule has 29 heavy (non-hydrogen) atoms. The molecule has 1 saturated carbocycles. The molecule has 2 unspecified atom stereocenters. The van der Waals surface area contributed by atoms with Crippen LogP contribution in [0.5, 0.6) is 5.75 Å². The number of ether oxygens (including phenoxy) is 1. The summed E-state index contributed by atoms with van der Waals surface area (Å²) in [5.41, 5.74) is 1.56. The van der Waals surface area contributed by atoms with Crippen LogP contribution in [0.4, 0.5) is 5.69 Å². The molecular weight excluding hydrogens is 434 g/mol. The van der Waals surface area contributed by atoms with Crippen LogP contribution in [0.2, 0.25) is 0 Å². The number of carbonyl (C=O) groups is 3.